The Hall–Kier alpha value is -1.94. The lowest BCUT2D eigenvalue weighted by Crippen LogP contribution is -2.30. The van der Waals surface area contributed by atoms with Crippen LogP contribution in [0.2, 0.25) is 0 Å². The molecule has 630 valence electrons. The molecule has 3 N–H and O–H groups in total. The Kier molecular flexibility index (Phi) is 75.6. The molecule has 19 heteroatoms. The van der Waals surface area contributed by atoms with Crippen LogP contribution in [0.5, 0.6) is 0 Å². The van der Waals surface area contributed by atoms with Gasteiger partial charge < -0.3 is 33.8 Å². The number of aliphatic hydroxyl groups excluding tert-OH is 1. The van der Waals surface area contributed by atoms with E-state index in [2.05, 4.69) is 48.5 Å². The third-order valence-electron chi connectivity index (χ3n) is 20.7. The summed E-state index contributed by atoms with van der Waals surface area (Å²) in [5, 5.41) is 10.7. The highest BCUT2D eigenvalue weighted by atomic mass is 31.2. The van der Waals surface area contributed by atoms with Gasteiger partial charge in [-0.2, -0.15) is 0 Å². The van der Waals surface area contributed by atoms with Crippen LogP contribution < -0.4 is 0 Å². The summed E-state index contributed by atoms with van der Waals surface area (Å²) in [4.78, 5) is 73.1. The highest BCUT2D eigenvalue weighted by Gasteiger charge is 2.31. The first-order chi connectivity index (χ1) is 51.3. The second-order valence-electron chi connectivity index (χ2n) is 32.5. The fraction of sp³-hybridized carbons (Fsp3) is 0.954. The number of phosphoric acid groups is 2. The van der Waals surface area contributed by atoms with Gasteiger partial charge in [0.25, 0.3) is 0 Å². The maximum absolute atomic E-state index is 13.1. The van der Waals surface area contributed by atoms with E-state index >= 15 is 0 Å². The molecule has 0 radical (unpaired) electrons. The number of carbonyl (C=O) groups excluding carboxylic acids is 4. The maximum atomic E-state index is 13.1. The number of phosphoric ester groups is 2. The molecule has 0 aromatic carbocycles. The summed E-state index contributed by atoms with van der Waals surface area (Å²) in [6.07, 6.45) is 68.1. The molecule has 0 amide bonds. The molecular formula is C87H170O17P2. The Morgan fingerprint density at radius 3 is 0.717 bits per heavy atom. The minimum atomic E-state index is -4.97. The lowest BCUT2D eigenvalue weighted by molar-refractivity contribution is -0.161. The Balaban J connectivity index is 5.18. The quantitative estimate of drug-likeness (QED) is 0.0222. The summed E-state index contributed by atoms with van der Waals surface area (Å²) in [7, 11) is -9.93. The van der Waals surface area contributed by atoms with Gasteiger partial charge in [-0.3, -0.25) is 37.3 Å². The van der Waals surface area contributed by atoms with Crippen LogP contribution in [0.15, 0.2) is 0 Å². The normalized spacial score (nSPS) is 14.1. The van der Waals surface area contributed by atoms with Crippen LogP contribution in [0.3, 0.4) is 0 Å². The zero-order valence-electron chi connectivity index (χ0n) is 69.9. The molecule has 0 aliphatic heterocycles. The van der Waals surface area contributed by atoms with Crippen molar-refractivity contribution < 1.29 is 80.2 Å². The Morgan fingerprint density at radius 2 is 0.481 bits per heavy atom. The minimum absolute atomic E-state index is 0.108. The number of ether oxygens (including phenoxy) is 4. The number of hydrogen-bond donors (Lipinski definition) is 3. The van der Waals surface area contributed by atoms with Crippen LogP contribution in [-0.4, -0.2) is 96.7 Å². The molecule has 0 rings (SSSR count). The average Bonchev–Trinajstić information content (AvgIpc) is 0.913. The van der Waals surface area contributed by atoms with Crippen molar-refractivity contribution in [3.63, 3.8) is 0 Å². The average molecular weight is 1550 g/mol. The van der Waals surface area contributed by atoms with Gasteiger partial charge in [0.1, 0.15) is 19.3 Å². The van der Waals surface area contributed by atoms with E-state index in [-0.39, 0.29) is 25.7 Å². The van der Waals surface area contributed by atoms with Crippen molar-refractivity contribution in [2.24, 2.45) is 17.8 Å². The van der Waals surface area contributed by atoms with Crippen molar-refractivity contribution in [1.82, 2.24) is 0 Å². The minimum Gasteiger partial charge on any atom is -0.462 e. The molecule has 0 heterocycles. The van der Waals surface area contributed by atoms with Crippen molar-refractivity contribution >= 4 is 39.5 Å². The number of hydrogen-bond acceptors (Lipinski definition) is 15. The van der Waals surface area contributed by atoms with E-state index in [9.17, 15) is 43.2 Å². The number of esters is 4. The molecule has 106 heavy (non-hydrogen) atoms. The van der Waals surface area contributed by atoms with Crippen molar-refractivity contribution in [2.45, 2.75) is 478 Å². The van der Waals surface area contributed by atoms with Crippen LogP contribution in [-0.2, 0) is 65.4 Å². The molecule has 0 saturated carbocycles. The Labute approximate surface area is 651 Å². The van der Waals surface area contributed by atoms with E-state index in [0.29, 0.717) is 25.7 Å². The second-order valence-corrected chi connectivity index (χ2v) is 35.4. The van der Waals surface area contributed by atoms with Gasteiger partial charge in [-0.25, -0.2) is 9.13 Å². The monoisotopic (exact) mass is 1550 g/mol. The molecule has 17 nitrogen and oxygen atoms in total. The zero-order valence-corrected chi connectivity index (χ0v) is 71.7. The number of carbonyl (C=O) groups is 4. The van der Waals surface area contributed by atoms with Gasteiger partial charge in [-0.05, 0) is 43.4 Å². The third kappa shape index (κ3) is 78.7. The van der Waals surface area contributed by atoms with Gasteiger partial charge in [0.2, 0.25) is 0 Å². The van der Waals surface area contributed by atoms with Gasteiger partial charge in [0.15, 0.2) is 12.2 Å². The molecule has 6 atom stereocenters. The highest BCUT2D eigenvalue weighted by Crippen LogP contribution is 2.45. The summed E-state index contributed by atoms with van der Waals surface area (Å²) in [6.45, 7) is 12.1. The second kappa shape index (κ2) is 77.0. The summed E-state index contributed by atoms with van der Waals surface area (Å²) >= 11 is 0. The number of rotatable bonds is 85. The first-order valence-corrected chi connectivity index (χ1v) is 47.9. The van der Waals surface area contributed by atoms with Crippen molar-refractivity contribution in [1.29, 1.82) is 0 Å². The molecular weight excluding hydrogens is 1380 g/mol. The van der Waals surface area contributed by atoms with Crippen LogP contribution in [0.25, 0.3) is 0 Å². The van der Waals surface area contributed by atoms with Crippen molar-refractivity contribution in [3.8, 4) is 0 Å². The SMILES string of the molecule is CCCCCCCCCCC(=O)OC[C@H](COP(=O)(O)OC[C@H](O)COP(=O)(O)OC[C@@H](COC(=O)CCCCCCCCCCCCCCCCCC(C)C)OC(=O)CCCCCCCCCCCCCCCCCCCCC(C)CC)OC(=O)CCCCCCCCCCCCCCCCCC(C)C. The first kappa shape index (κ1) is 104. The zero-order chi connectivity index (χ0) is 77.9. The van der Waals surface area contributed by atoms with Crippen molar-refractivity contribution in [3.05, 3.63) is 0 Å². The van der Waals surface area contributed by atoms with E-state index in [0.717, 1.165) is 114 Å². The Morgan fingerprint density at radius 1 is 0.274 bits per heavy atom. The first-order valence-electron chi connectivity index (χ1n) is 44.9. The molecule has 0 aromatic rings. The van der Waals surface area contributed by atoms with Gasteiger partial charge in [0.05, 0.1) is 26.4 Å². The molecule has 0 saturated heterocycles. The van der Waals surface area contributed by atoms with E-state index in [1.165, 1.54) is 263 Å². The van der Waals surface area contributed by atoms with Gasteiger partial charge in [0, 0.05) is 25.7 Å². The number of aliphatic hydroxyl groups is 1. The lowest BCUT2D eigenvalue weighted by atomic mass is 9.99. The molecule has 0 aliphatic carbocycles. The fourth-order valence-electron chi connectivity index (χ4n) is 13.5. The molecule has 0 aromatic heterocycles. The molecule has 0 bridgehead atoms. The summed E-state index contributed by atoms with van der Waals surface area (Å²) < 4.78 is 68.8. The van der Waals surface area contributed by atoms with E-state index in [4.69, 9.17) is 37.0 Å². The molecule has 0 fully saturated rings. The van der Waals surface area contributed by atoms with Gasteiger partial charge >= 0.3 is 39.5 Å². The van der Waals surface area contributed by atoms with Crippen LogP contribution in [0.4, 0.5) is 0 Å². The van der Waals surface area contributed by atoms with E-state index in [1.54, 1.807) is 0 Å². The largest absolute Gasteiger partial charge is 0.472 e. The van der Waals surface area contributed by atoms with Gasteiger partial charge in [-0.1, -0.05) is 408 Å². The standard InChI is InChI=1S/C87H170O17P2/c1-8-10-11-12-13-47-54-61-68-84(89)97-74-82(103-86(91)70-64-57-50-43-37-31-25-19-21-27-33-39-45-52-59-66-79(5)6)76-101-105(93,94)99-72-81(88)73-100-106(95,96)102-77-83(75-98-85(90)69-62-55-48-41-35-29-24-18-20-26-32-38-44-51-58-65-78(3)4)104-87(92)71-63-56-49-42-36-30-23-17-15-14-16-22-28-34-40-46-53-60-67-80(7)9-2/h78-83,88H,8-77H2,1-7H3,(H,93,94)(H,95,96)/t80?,81-,82+,83+/m0/s1. The summed E-state index contributed by atoms with van der Waals surface area (Å²) in [5.41, 5.74) is 0. The predicted molar refractivity (Wildman–Crippen MR) is 437 cm³/mol. The van der Waals surface area contributed by atoms with Gasteiger partial charge in [-0.15, -0.1) is 0 Å². The Bertz CT molecular complexity index is 2050. The fourth-order valence-corrected chi connectivity index (χ4v) is 15.1. The van der Waals surface area contributed by atoms with Crippen LogP contribution in [0.1, 0.15) is 459 Å². The molecule has 0 aliphatic rings. The van der Waals surface area contributed by atoms with E-state index in [1.807, 2.05) is 0 Å². The van der Waals surface area contributed by atoms with Crippen molar-refractivity contribution in [2.75, 3.05) is 39.6 Å². The number of unbranched alkanes of at least 4 members (excludes halogenated alkanes) is 52. The third-order valence-corrected chi connectivity index (χ3v) is 22.6. The van der Waals surface area contributed by atoms with Crippen LogP contribution >= 0.6 is 15.6 Å². The predicted octanol–water partition coefficient (Wildman–Crippen LogP) is 26.5. The summed E-state index contributed by atoms with van der Waals surface area (Å²) in [6, 6.07) is 0. The molecule has 3 unspecified atom stereocenters. The smallest absolute Gasteiger partial charge is 0.462 e. The topological polar surface area (TPSA) is 237 Å². The lowest BCUT2D eigenvalue weighted by Gasteiger charge is -2.21. The maximum Gasteiger partial charge on any atom is 0.472 e. The summed E-state index contributed by atoms with van der Waals surface area (Å²) in [5.74, 6) is 0.375. The van der Waals surface area contributed by atoms with Crippen LogP contribution in [0, 0.1) is 17.8 Å². The highest BCUT2D eigenvalue weighted by molar-refractivity contribution is 7.47. The molecule has 0 spiro atoms. The van der Waals surface area contributed by atoms with E-state index < -0.39 is 97.5 Å².